The first kappa shape index (κ1) is 13.4. The van der Waals surface area contributed by atoms with E-state index in [2.05, 4.69) is 44.1 Å². The van der Waals surface area contributed by atoms with Crippen LogP contribution in [0.2, 0.25) is 0 Å². The number of anilines is 1. The molecule has 0 spiro atoms. The summed E-state index contributed by atoms with van der Waals surface area (Å²) in [6, 6.07) is 3.56. The van der Waals surface area contributed by atoms with Crippen LogP contribution in [-0.4, -0.2) is 30.2 Å². The molecule has 2 fully saturated rings. The highest BCUT2D eigenvalue weighted by Gasteiger charge is 2.27. The van der Waals surface area contributed by atoms with Crippen LogP contribution in [0, 0.1) is 6.92 Å². The largest absolute Gasteiger partial charge is 0.351 e. The van der Waals surface area contributed by atoms with Crippen molar-refractivity contribution in [2.75, 3.05) is 18.0 Å². The van der Waals surface area contributed by atoms with Crippen molar-refractivity contribution >= 4 is 21.7 Å². The van der Waals surface area contributed by atoms with Gasteiger partial charge in [-0.15, -0.1) is 0 Å². The third-order valence-corrected chi connectivity index (χ3v) is 4.66. The summed E-state index contributed by atoms with van der Waals surface area (Å²) < 4.78 is 1.13. The third-order valence-electron chi connectivity index (χ3n) is 4.08. The van der Waals surface area contributed by atoms with Gasteiger partial charge in [0.1, 0.15) is 5.82 Å². The third kappa shape index (κ3) is 3.29. The van der Waals surface area contributed by atoms with Crippen molar-refractivity contribution < 1.29 is 0 Å². The second-order valence-corrected chi connectivity index (χ2v) is 6.70. The number of nitrogens with zero attached hydrogens (tertiary/aromatic N) is 2. The van der Waals surface area contributed by atoms with Crippen LogP contribution in [0.4, 0.5) is 5.82 Å². The summed E-state index contributed by atoms with van der Waals surface area (Å²) in [7, 11) is 0. The van der Waals surface area contributed by atoms with Crippen LogP contribution in [0.1, 0.15) is 37.7 Å². The number of piperidine rings is 1. The molecule has 1 atom stereocenters. The molecule has 1 aromatic rings. The van der Waals surface area contributed by atoms with Crippen LogP contribution in [0.5, 0.6) is 0 Å². The Morgan fingerprint density at radius 1 is 1.37 bits per heavy atom. The van der Waals surface area contributed by atoms with Crippen LogP contribution >= 0.6 is 15.9 Å². The zero-order valence-electron chi connectivity index (χ0n) is 11.5. The first-order valence-corrected chi connectivity index (χ1v) is 8.15. The van der Waals surface area contributed by atoms with Gasteiger partial charge < -0.3 is 10.2 Å². The molecule has 1 aromatic heterocycles. The monoisotopic (exact) mass is 323 g/mol. The van der Waals surface area contributed by atoms with E-state index in [0.29, 0.717) is 6.04 Å². The highest BCUT2D eigenvalue weighted by Crippen LogP contribution is 2.30. The van der Waals surface area contributed by atoms with Gasteiger partial charge in [0.05, 0.1) is 4.47 Å². The van der Waals surface area contributed by atoms with Crippen molar-refractivity contribution in [1.29, 1.82) is 0 Å². The van der Waals surface area contributed by atoms with Crippen LogP contribution < -0.4 is 10.2 Å². The fraction of sp³-hybridized carbons (Fsp3) is 0.667. The molecular formula is C15H22BrN3. The minimum Gasteiger partial charge on any atom is -0.351 e. The summed E-state index contributed by atoms with van der Waals surface area (Å²) in [5, 5.41) is 3.67. The summed E-state index contributed by atoms with van der Waals surface area (Å²) in [4.78, 5) is 7.13. The number of hydrogen-bond donors (Lipinski definition) is 1. The first-order chi connectivity index (χ1) is 9.24. The lowest BCUT2D eigenvalue weighted by atomic mass is 10.0. The van der Waals surface area contributed by atoms with Crippen molar-refractivity contribution in [3.05, 3.63) is 22.3 Å². The van der Waals surface area contributed by atoms with E-state index in [1.807, 2.05) is 6.20 Å². The van der Waals surface area contributed by atoms with E-state index in [0.717, 1.165) is 29.4 Å². The second-order valence-electron chi connectivity index (χ2n) is 5.84. The van der Waals surface area contributed by atoms with Gasteiger partial charge in [-0.1, -0.05) is 0 Å². The van der Waals surface area contributed by atoms with Gasteiger partial charge in [0, 0.05) is 31.4 Å². The van der Waals surface area contributed by atoms with Crippen molar-refractivity contribution in [1.82, 2.24) is 10.3 Å². The van der Waals surface area contributed by atoms with Crippen LogP contribution in [0.25, 0.3) is 0 Å². The van der Waals surface area contributed by atoms with Crippen LogP contribution in [0.3, 0.4) is 0 Å². The minimum absolute atomic E-state index is 0.598. The molecule has 104 valence electrons. The normalized spacial score (nSPS) is 23.7. The van der Waals surface area contributed by atoms with Gasteiger partial charge in [0.2, 0.25) is 0 Å². The zero-order chi connectivity index (χ0) is 13.2. The quantitative estimate of drug-likeness (QED) is 0.921. The summed E-state index contributed by atoms with van der Waals surface area (Å²) in [6.07, 6.45) is 8.60. The Morgan fingerprint density at radius 3 is 2.95 bits per heavy atom. The Morgan fingerprint density at radius 2 is 2.21 bits per heavy atom. The second kappa shape index (κ2) is 5.80. The molecule has 19 heavy (non-hydrogen) atoms. The molecule has 1 aliphatic heterocycles. The Hall–Kier alpha value is -0.610. The Balaban J connectivity index is 1.74. The number of halogens is 1. The molecule has 3 nitrogen and oxygen atoms in total. The fourth-order valence-electron chi connectivity index (χ4n) is 2.82. The van der Waals surface area contributed by atoms with Gasteiger partial charge in [0.25, 0.3) is 0 Å². The lowest BCUT2D eigenvalue weighted by Crippen LogP contribution is -2.46. The summed E-state index contributed by atoms with van der Waals surface area (Å²) >= 11 is 3.68. The minimum atomic E-state index is 0.598. The predicted octanol–water partition coefficient (Wildman–Crippen LogP) is 3.26. The van der Waals surface area contributed by atoms with Gasteiger partial charge in [-0.05, 0) is 66.6 Å². The molecule has 4 heteroatoms. The number of rotatable bonds is 4. The van der Waals surface area contributed by atoms with E-state index >= 15 is 0 Å². The van der Waals surface area contributed by atoms with E-state index in [4.69, 9.17) is 0 Å². The smallest absolute Gasteiger partial charge is 0.143 e. The molecule has 1 unspecified atom stereocenters. The molecule has 2 heterocycles. The highest BCUT2D eigenvalue weighted by molar-refractivity contribution is 9.10. The molecule has 0 radical (unpaired) electrons. The number of hydrogen-bond acceptors (Lipinski definition) is 3. The summed E-state index contributed by atoms with van der Waals surface area (Å²) in [5.41, 5.74) is 1.21. The maximum absolute atomic E-state index is 4.65. The Labute approximate surface area is 123 Å². The molecule has 1 saturated heterocycles. The number of nitrogens with one attached hydrogen (secondary N) is 1. The first-order valence-electron chi connectivity index (χ1n) is 7.36. The van der Waals surface area contributed by atoms with E-state index in [1.54, 1.807) is 0 Å². The molecule has 0 amide bonds. The van der Waals surface area contributed by atoms with E-state index in [9.17, 15) is 0 Å². The van der Waals surface area contributed by atoms with Gasteiger partial charge in [0.15, 0.2) is 0 Å². The Kier molecular flexibility index (Phi) is 4.08. The maximum atomic E-state index is 4.65. The topological polar surface area (TPSA) is 28.2 Å². The SMILES string of the molecule is Cc1cnc(N2CCCCC2CNC2CC2)c(Br)c1. The predicted molar refractivity (Wildman–Crippen MR) is 82.7 cm³/mol. The molecular weight excluding hydrogens is 302 g/mol. The van der Waals surface area contributed by atoms with E-state index in [1.165, 1.54) is 37.7 Å². The van der Waals surface area contributed by atoms with Gasteiger partial charge in [-0.2, -0.15) is 0 Å². The molecule has 3 rings (SSSR count). The zero-order valence-corrected chi connectivity index (χ0v) is 13.1. The lowest BCUT2D eigenvalue weighted by molar-refractivity contribution is 0.431. The van der Waals surface area contributed by atoms with E-state index < -0.39 is 0 Å². The number of aryl methyl sites for hydroxylation is 1. The molecule has 1 N–H and O–H groups in total. The molecule has 1 saturated carbocycles. The number of pyridine rings is 1. The summed E-state index contributed by atoms with van der Waals surface area (Å²) in [6.45, 7) is 4.32. The molecule has 0 bridgehead atoms. The van der Waals surface area contributed by atoms with Gasteiger partial charge in [-0.25, -0.2) is 4.98 Å². The fourth-order valence-corrected chi connectivity index (χ4v) is 3.51. The van der Waals surface area contributed by atoms with Crippen LogP contribution in [-0.2, 0) is 0 Å². The van der Waals surface area contributed by atoms with Gasteiger partial charge >= 0.3 is 0 Å². The lowest BCUT2D eigenvalue weighted by Gasteiger charge is -2.37. The standard InChI is InChI=1S/C15H22BrN3/c1-11-8-14(16)15(18-9-11)19-7-3-2-4-13(19)10-17-12-5-6-12/h8-9,12-13,17H,2-7,10H2,1H3. The van der Waals surface area contributed by atoms with Crippen molar-refractivity contribution in [3.8, 4) is 0 Å². The molecule has 2 aliphatic rings. The molecule has 1 aliphatic carbocycles. The van der Waals surface area contributed by atoms with Crippen molar-refractivity contribution in [2.45, 2.75) is 51.1 Å². The Bertz CT molecular complexity index is 445. The highest BCUT2D eigenvalue weighted by atomic mass is 79.9. The summed E-state index contributed by atoms with van der Waals surface area (Å²) in [5.74, 6) is 1.12. The number of aromatic nitrogens is 1. The van der Waals surface area contributed by atoms with Crippen molar-refractivity contribution in [3.63, 3.8) is 0 Å². The van der Waals surface area contributed by atoms with Gasteiger partial charge in [-0.3, -0.25) is 0 Å². The van der Waals surface area contributed by atoms with E-state index in [-0.39, 0.29) is 0 Å². The van der Waals surface area contributed by atoms with Crippen molar-refractivity contribution in [2.24, 2.45) is 0 Å². The van der Waals surface area contributed by atoms with Crippen LogP contribution in [0.15, 0.2) is 16.7 Å². The average Bonchev–Trinajstić information content (AvgIpc) is 3.21. The maximum Gasteiger partial charge on any atom is 0.143 e. The molecule has 0 aromatic carbocycles. The average molecular weight is 324 g/mol.